The van der Waals surface area contributed by atoms with Crippen molar-refractivity contribution in [2.45, 2.75) is 24.9 Å². The predicted molar refractivity (Wildman–Crippen MR) is 43.4 cm³/mol. The maximum absolute atomic E-state index is 10.2. The monoisotopic (exact) mass is 164 g/mol. The third kappa shape index (κ3) is 0.604. The SMILES string of the molecule is OC1(c2ccoc2)C2CCCC21. The lowest BCUT2D eigenvalue weighted by atomic mass is 10.0. The second-order valence-corrected chi connectivity index (χ2v) is 3.98. The van der Waals surface area contributed by atoms with Crippen LogP contribution in [0, 0.1) is 11.8 Å². The fraction of sp³-hybridized carbons (Fsp3) is 0.600. The van der Waals surface area contributed by atoms with Gasteiger partial charge >= 0.3 is 0 Å². The highest BCUT2D eigenvalue weighted by Crippen LogP contribution is 2.66. The molecule has 64 valence electrons. The molecule has 1 heterocycles. The molecular formula is C10H12O2. The fourth-order valence-corrected chi connectivity index (χ4v) is 2.84. The first-order valence-electron chi connectivity index (χ1n) is 4.58. The van der Waals surface area contributed by atoms with E-state index in [1.165, 1.54) is 19.3 Å². The van der Waals surface area contributed by atoms with Crippen LogP contribution >= 0.6 is 0 Å². The van der Waals surface area contributed by atoms with Crippen molar-refractivity contribution in [2.24, 2.45) is 11.8 Å². The quantitative estimate of drug-likeness (QED) is 0.687. The molecular weight excluding hydrogens is 152 g/mol. The Bertz CT molecular complexity index is 279. The zero-order valence-electron chi connectivity index (χ0n) is 6.86. The molecule has 2 unspecified atom stereocenters. The topological polar surface area (TPSA) is 33.4 Å². The van der Waals surface area contributed by atoms with E-state index in [0.29, 0.717) is 11.8 Å². The molecule has 2 nitrogen and oxygen atoms in total. The maximum atomic E-state index is 10.2. The van der Waals surface area contributed by atoms with Crippen molar-refractivity contribution in [3.8, 4) is 0 Å². The summed E-state index contributed by atoms with van der Waals surface area (Å²) in [6.45, 7) is 0. The largest absolute Gasteiger partial charge is 0.472 e. The van der Waals surface area contributed by atoms with E-state index in [0.717, 1.165) is 5.56 Å². The number of rotatable bonds is 1. The van der Waals surface area contributed by atoms with Gasteiger partial charge in [-0.05, 0) is 30.7 Å². The Morgan fingerprint density at radius 1 is 1.42 bits per heavy atom. The van der Waals surface area contributed by atoms with Crippen molar-refractivity contribution in [3.63, 3.8) is 0 Å². The third-order valence-electron chi connectivity index (χ3n) is 3.52. The minimum Gasteiger partial charge on any atom is -0.472 e. The summed E-state index contributed by atoms with van der Waals surface area (Å²) in [4.78, 5) is 0. The third-order valence-corrected chi connectivity index (χ3v) is 3.52. The van der Waals surface area contributed by atoms with Crippen LogP contribution in [0.1, 0.15) is 24.8 Å². The smallest absolute Gasteiger partial charge is 0.0991 e. The van der Waals surface area contributed by atoms with Gasteiger partial charge in [-0.2, -0.15) is 0 Å². The fourth-order valence-electron chi connectivity index (χ4n) is 2.84. The summed E-state index contributed by atoms with van der Waals surface area (Å²) < 4.78 is 4.99. The molecule has 2 aliphatic rings. The minimum absolute atomic E-state index is 0.509. The van der Waals surface area contributed by atoms with Gasteiger partial charge in [0.05, 0.1) is 18.1 Å². The summed E-state index contributed by atoms with van der Waals surface area (Å²) >= 11 is 0. The Morgan fingerprint density at radius 3 is 2.75 bits per heavy atom. The van der Waals surface area contributed by atoms with Crippen molar-refractivity contribution in [1.29, 1.82) is 0 Å². The molecule has 2 fully saturated rings. The molecule has 0 saturated heterocycles. The molecule has 2 heteroatoms. The molecule has 0 aliphatic heterocycles. The summed E-state index contributed by atoms with van der Waals surface area (Å²) in [5, 5.41) is 10.2. The first kappa shape index (κ1) is 6.72. The average molecular weight is 164 g/mol. The second kappa shape index (κ2) is 1.94. The summed E-state index contributed by atoms with van der Waals surface area (Å²) in [7, 11) is 0. The molecule has 1 aromatic rings. The first-order valence-corrected chi connectivity index (χ1v) is 4.58. The van der Waals surface area contributed by atoms with Crippen LogP contribution in [0.15, 0.2) is 23.0 Å². The van der Waals surface area contributed by atoms with E-state index in [9.17, 15) is 5.11 Å². The second-order valence-electron chi connectivity index (χ2n) is 3.98. The Hall–Kier alpha value is -0.760. The van der Waals surface area contributed by atoms with E-state index >= 15 is 0 Å². The lowest BCUT2D eigenvalue weighted by molar-refractivity contribution is 0.105. The minimum atomic E-state index is -0.509. The van der Waals surface area contributed by atoms with Gasteiger partial charge in [-0.15, -0.1) is 0 Å². The van der Waals surface area contributed by atoms with Crippen LogP contribution in [0.2, 0.25) is 0 Å². The van der Waals surface area contributed by atoms with E-state index < -0.39 is 5.60 Å². The molecule has 0 aromatic carbocycles. The molecule has 2 aliphatic carbocycles. The molecule has 2 saturated carbocycles. The molecule has 0 spiro atoms. The summed E-state index contributed by atoms with van der Waals surface area (Å²) in [5.74, 6) is 1.05. The van der Waals surface area contributed by atoms with E-state index in [1.54, 1.807) is 12.5 Å². The van der Waals surface area contributed by atoms with E-state index in [2.05, 4.69) is 0 Å². The molecule has 12 heavy (non-hydrogen) atoms. The van der Waals surface area contributed by atoms with Crippen LogP contribution in [-0.2, 0) is 5.60 Å². The highest BCUT2D eigenvalue weighted by atomic mass is 16.3. The number of fused-ring (bicyclic) bond motifs is 1. The van der Waals surface area contributed by atoms with Gasteiger partial charge in [0.25, 0.3) is 0 Å². The van der Waals surface area contributed by atoms with Gasteiger partial charge in [0.2, 0.25) is 0 Å². The number of hydrogen-bond donors (Lipinski definition) is 1. The molecule has 1 N–H and O–H groups in total. The van der Waals surface area contributed by atoms with E-state index in [4.69, 9.17) is 4.42 Å². The molecule has 0 radical (unpaired) electrons. The van der Waals surface area contributed by atoms with Crippen LogP contribution in [0.4, 0.5) is 0 Å². The molecule has 3 rings (SSSR count). The van der Waals surface area contributed by atoms with Gasteiger partial charge < -0.3 is 9.52 Å². The van der Waals surface area contributed by atoms with Crippen molar-refractivity contribution in [1.82, 2.24) is 0 Å². The van der Waals surface area contributed by atoms with Gasteiger partial charge in [0, 0.05) is 5.56 Å². The summed E-state index contributed by atoms with van der Waals surface area (Å²) in [6.07, 6.45) is 6.98. The number of furan rings is 1. The average Bonchev–Trinajstić information content (AvgIpc) is 2.62. The zero-order valence-corrected chi connectivity index (χ0v) is 6.86. The van der Waals surface area contributed by atoms with Crippen molar-refractivity contribution in [3.05, 3.63) is 24.2 Å². The van der Waals surface area contributed by atoms with E-state index in [1.807, 2.05) is 6.07 Å². The Balaban J connectivity index is 1.96. The van der Waals surface area contributed by atoms with Crippen LogP contribution in [0.5, 0.6) is 0 Å². The van der Waals surface area contributed by atoms with E-state index in [-0.39, 0.29) is 0 Å². The van der Waals surface area contributed by atoms with Crippen molar-refractivity contribution in [2.75, 3.05) is 0 Å². The summed E-state index contributed by atoms with van der Waals surface area (Å²) in [6, 6.07) is 1.89. The molecule has 2 atom stereocenters. The van der Waals surface area contributed by atoms with Crippen LogP contribution in [-0.4, -0.2) is 5.11 Å². The molecule has 0 bridgehead atoms. The highest BCUT2D eigenvalue weighted by molar-refractivity contribution is 5.30. The standard InChI is InChI=1S/C10H12O2/c11-10(7-4-5-12-6-7)8-2-1-3-9(8)10/h4-6,8-9,11H,1-3H2. The van der Waals surface area contributed by atoms with Crippen molar-refractivity contribution < 1.29 is 9.52 Å². The molecule has 1 aromatic heterocycles. The zero-order chi connectivity index (χ0) is 8.18. The Morgan fingerprint density at radius 2 is 2.17 bits per heavy atom. The van der Waals surface area contributed by atoms with Crippen LogP contribution < -0.4 is 0 Å². The lowest BCUT2D eigenvalue weighted by Crippen LogP contribution is -2.11. The van der Waals surface area contributed by atoms with Crippen LogP contribution in [0.3, 0.4) is 0 Å². The number of aliphatic hydroxyl groups is 1. The lowest BCUT2D eigenvalue weighted by Gasteiger charge is -2.10. The normalized spacial score (nSPS) is 44.4. The highest BCUT2D eigenvalue weighted by Gasteiger charge is 2.66. The van der Waals surface area contributed by atoms with Gasteiger partial charge in [-0.25, -0.2) is 0 Å². The predicted octanol–water partition coefficient (Wildman–Crippen LogP) is 1.90. The van der Waals surface area contributed by atoms with Gasteiger partial charge in [0.1, 0.15) is 0 Å². The number of hydrogen-bond acceptors (Lipinski definition) is 2. The molecule has 0 amide bonds. The maximum Gasteiger partial charge on any atom is 0.0991 e. The van der Waals surface area contributed by atoms with Gasteiger partial charge in [-0.1, -0.05) is 6.42 Å². The van der Waals surface area contributed by atoms with Crippen molar-refractivity contribution >= 4 is 0 Å². The summed E-state index contributed by atoms with van der Waals surface area (Å²) in [5.41, 5.74) is 0.475. The Labute approximate surface area is 71.2 Å². The van der Waals surface area contributed by atoms with Gasteiger partial charge in [0.15, 0.2) is 0 Å². The van der Waals surface area contributed by atoms with Crippen LogP contribution in [0.25, 0.3) is 0 Å². The van der Waals surface area contributed by atoms with Gasteiger partial charge in [-0.3, -0.25) is 0 Å². The Kier molecular flexibility index (Phi) is 1.09. The first-order chi connectivity index (χ1) is 5.83.